The van der Waals surface area contributed by atoms with Gasteiger partial charge < -0.3 is 18.7 Å². The Labute approximate surface area is 155 Å². The molecule has 1 aliphatic carbocycles. The molecule has 1 fully saturated rings. The minimum absolute atomic E-state index is 0.0829. The largest absolute Gasteiger partial charge is 0.473 e. The Morgan fingerprint density at radius 2 is 1.93 bits per heavy atom. The fraction of sp³-hybridized carbons (Fsp3) is 0.316. The van der Waals surface area contributed by atoms with Gasteiger partial charge in [0, 0.05) is 7.11 Å². The topological polar surface area (TPSA) is 79.5 Å². The minimum Gasteiger partial charge on any atom is -0.473 e. The second-order valence-electron chi connectivity index (χ2n) is 6.28. The van der Waals surface area contributed by atoms with Crippen molar-refractivity contribution in [1.82, 2.24) is 15.1 Å². The summed E-state index contributed by atoms with van der Waals surface area (Å²) in [5, 5.41) is 3.77. The number of ether oxygens (including phenoxy) is 3. The lowest BCUT2D eigenvalue weighted by Gasteiger charge is -2.35. The van der Waals surface area contributed by atoms with Gasteiger partial charge in [0.25, 0.3) is 5.88 Å². The molecule has 3 aromatic rings. The summed E-state index contributed by atoms with van der Waals surface area (Å²) in [6.07, 6.45) is 4.94. The van der Waals surface area contributed by atoms with Crippen LogP contribution in [0.4, 0.5) is 4.39 Å². The monoisotopic (exact) mass is 371 g/mol. The molecule has 0 aliphatic heterocycles. The molecular formula is C19H18FN3O4. The van der Waals surface area contributed by atoms with E-state index in [-0.39, 0.29) is 18.7 Å². The average molecular weight is 371 g/mol. The van der Waals surface area contributed by atoms with Crippen molar-refractivity contribution in [3.63, 3.8) is 0 Å². The molecule has 0 amide bonds. The lowest BCUT2D eigenvalue weighted by molar-refractivity contribution is 0.0453. The SMILES string of the molecule is COCOc1cc(-c2cnc(OC3CC(c4ccc(F)cc4)C3)cn2)on1. The standard InChI is InChI=1S/C19H18FN3O4/c1-24-11-25-18-8-17(27-23-18)16-9-22-19(10-21-16)26-15-6-13(7-15)12-2-4-14(20)5-3-12/h2-5,8-10,13,15H,6-7,11H2,1H3. The summed E-state index contributed by atoms with van der Waals surface area (Å²) in [4.78, 5) is 8.56. The molecule has 0 unspecified atom stereocenters. The quantitative estimate of drug-likeness (QED) is 0.587. The van der Waals surface area contributed by atoms with Crippen LogP contribution in [0.25, 0.3) is 11.5 Å². The average Bonchev–Trinajstić information content (AvgIpc) is 3.13. The molecule has 8 heteroatoms. The van der Waals surface area contributed by atoms with Crippen molar-refractivity contribution < 1.29 is 23.1 Å². The molecular weight excluding hydrogens is 353 g/mol. The molecule has 1 aliphatic rings. The molecule has 1 aromatic carbocycles. The first-order valence-corrected chi connectivity index (χ1v) is 8.54. The van der Waals surface area contributed by atoms with Gasteiger partial charge >= 0.3 is 0 Å². The van der Waals surface area contributed by atoms with Gasteiger partial charge in [-0.15, -0.1) is 0 Å². The van der Waals surface area contributed by atoms with E-state index in [4.69, 9.17) is 18.7 Å². The molecule has 0 spiro atoms. The fourth-order valence-electron chi connectivity index (χ4n) is 2.91. The third-order valence-corrected chi connectivity index (χ3v) is 4.42. The van der Waals surface area contributed by atoms with Gasteiger partial charge in [0.05, 0.1) is 18.5 Å². The smallest absolute Gasteiger partial charge is 0.256 e. The Hall–Kier alpha value is -3.00. The summed E-state index contributed by atoms with van der Waals surface area (Å²) in [6.45, 7) is 0.0880. The number of benzene rings is 1. The number of methoxy groups -OCH3 is 1. The van der Waals surface area contributed by atoms with Gasteiger partial charge in [0.1, 0.15) is 17.6 Å². The van der Waals surface area contributed by atoms with Crippen molar-refractivity contribution in [3.05, 3.63) is 54.1 Å². The Morgan fingerprint density at radius 1 is 1.11 bits per heavy atom. The highest BCUT2D eigenvalue weighted by atomic mass is 19.1. The zero-order valence-corrected chi connectivity index (χ0v) is 14.7. The maximum atomic E-state index is 13.0. The van der Waals surface area contributed by atoms with Crippen LogP contribution in [0.5, 0.6) is 11.8 Å². The summed E-state index contributed by atoms with van der Waals surface area (Å²) in [6, 6.07) is 8.24. The maximum Gasteiger partial charge on any atom is 0.256 e. The highest BCUT2D eigenvalue weighted by Gasteiger charge is 2.32. The normalized spacial score (nSPS) is 18.7. The molecule has 2 aromatic heterocycles. The lowest BCUT2D eigenvalue weighted by Crippen LogP contribution is -2.32. The minimum atomic E-state index is -0.217. The predicted molar refractivity (Wildman–Crippen MR) is 92.8 cm³/mol. The van der Waals surface area contributed by atoms with Crippen LogP contribution in [0.1, 0.15) is 24.3 Å². The summed E-state index contributed by atoms with van der Waals surface area (Å²) in [7, 11) is 1.52. The predicted octanol–water partition coefficient (Wildman–Crippen LogP) is 3.58. The third-order valence-electron chi connectivity index (χ3n) is 4.42. The Bertz CT molecular complexity index is 877. The van der Waals surface area contributed by atoms with Gasteiger partial charge in [0.2, 0.25) is 5.88 Å². The molecule has 0 radical (unpaired) electrons. The van der Waals surface area contributed by atoms with Crippen LogP contribution in [0.2, 0.25) is 0 Å². The molecule has 1 saturated carbocycles. The second-order valence-corrected chi connectivity index (χ2v) is 6.28. The molecule has 0 N–H and O–H groups in total. The van der Waals surface area contributed by atoms with Crippen molar-refractivity contribution in [2.75, 3.05) is 13.9 Å². The van der Waals surface area contributed by atoms with E-state index in [1.165, 1.54) is 19.2 Å². The molecule has 0 atom stereocenters. The van der Waals surface area contributed by atoms with E-state index in [0.717, 1.165) is 18.4 Å². The van der Waals surface area contributed by atoms with E-state index in [2.05, 4.69) is 15.1 Å². The maximum absolute atomic E-state index is 13.0. The fourth-order valence-corrected chi connectivity index (χ4v) is 2.91. The van der Waals surface area contributed by atoms with Gasteiger partial charge in [-0.05, 0) is 41.6 Å². The van der Waals surface area contributed by atoms with Crippen LogP contribution >= 0.6 is 0 Å². The lowest BCUT2D eigenvalue weighted by atomic mass is 9.77. The number of rotatable bonds is 7. The van der Waals surface area contributed by atoms with Gasteiger partial charge in [-0.25, -0.2) is 14.4 Å². The molecule has 7 nitrogen and oxygen atoms in total. The number of hydrogen-bond donors (Lipinski definition) is 0. The number of aromatic nitrogens is 3. The Morgan fingerprint density at radius 3 is 2.63 bits per heavy atom. The summed E-state index contributed by atoms with van der Waals surface area (Å²) >= 11 is 0. The first-order chi connectivity index (χ1) is 13.2. The van der Waals surface area contributed by atoms with E-state index >= 15 is 0 Å². The van der Waals surface area contributed by atoms with Gasteiger partial charge in [-0.1, -0.05) is 12.1 Å². The zero-order chi connectivity index (χ0) is 18.6. The van der Waals surface area contributed by atoms with E-state index in [0.29, 0.717) is 29.1 Å². The number of nitrogens with zero attached hydrogens (tertiary/aromatic N) is 3. The van der Waals surface area contributed by atoms with Crippen molar-refractivity contribution in [2.24, 2.45) is 0 Å². The molecule has 0 saturated heterocycles. The number of halogens is 1. The second kappa shape index (κ2) is 7.71. The van der Waals surface area contributed by atoms with E-state index in [1.54, 1.807) is 18.5 Å². The third kappa shape index (κ3) is 4.06. The summed E-state index contributed by atoms with van der Waals surface area (Å²) in [5.41, 5.74) is 1.66. The Kier molecular flexibility index (Phi) is 4.97. The first kappa shape index (κ1) is 17.4. The van der Waals surface area contributed by atoms with Crippen LogP contribution in [-0.2, 0) is 4.74 Å². The van der Waals surface area contributed by atoms with Crippen molar-refractivity contribution >= 4 is 0 Å². The molecule has 2 heterocycles. The summed E-state index contributed by atoms with van der Waals surface area (Å²) < 4.78 is 34.0. The molecule has 140 valence electrons. The van der Waals surface area contributed by atoms with E-state index < -0.39 is 0 Å². The highest BCUT2D eigenvalue weighted by Crippen LogP contribution is 2.38. The van der Waals surface area contributed by atoms with Crippen LogP contribution in [0, 0.1) is 5.82 Å². The van der Waals surface area contributed by atoms with Crippen molar-refractivity contribution in [1.29, 1.82) is 0 Å². The highest BCUT2D eigenvalue weighted by molar-refractivity contribution is 5.51. The van der Waals surface area contributed by atoms with Gasteiger partial charge in [-0.3, -0.25) is 0 Å². The van der Waals surface area contributed by atoms with Crippen molar-refractivity contribution in [2.45, 2.75) is 24.9 Å². The van der Waals surface area contributed by atoms with Gasteiger partial charge in [-0.2, -0.15) is 0 Å². The van der Waals surface area contributed by atoms with Crippen LogP contribution in [0.3, 0.4) is 0 Å². The first-order valence-electron chi connectivity index (χ1n) is 8.54. The Balaban J connectivity index is 1.31. The van der Waals surface area contributed by atoms with E-state index in [9.17, 15) is 4.39 Å². The van der Waals surface area contributed by atoms with Crippen molar-refractivity contribution in [3.8, 4) is 23.2 Å². The van der Waals surface area contributed by atoms with Gasteiger partial charge in [0.15, 0.2) is 12.6 Å². The zero-order valence-electron chi connectivity index (χ0n) is 14.7. The molecule has 27 heavy (non-hydrogen) atoms. The van der Waals surface area contributed by atoms with Crippen LogP contribution < -0.4 is 9.47 Å². The molecule has 4 rings (SSSR count). The molecule has 0 bridgehead atoms. The van der Waals surface area contributed by atoms with Crippen LogP contribution in [-0.4, -0.2) is 35.1 Å². The van der Waals surface area contributed by atoms with Crippen LogP contribution in [0.15, 0.2) is 47.2 Å². The van der Waals surface area contributed by atoms with E-state index in [1.807, 2.05) is 12.1 Å². The summed E-state index contributed by atoms with van der Waals surface area (Å²) in [5.74, 6) is 1.39. The number of hydrogen-bond acceptors (Lipinski definition) is 7.